The van der Waals surface area contributed by atoms with E-state index in [0.717, 1.165) is 13.1 Å². The topological polar surface area (TPSA) is 29.3 Å². The van der Waals surface area contributed by atoms with Gasteiger partial charge in [-0.15, -0.1) is 0 Å². The number of hydrogen-bond acceptors (Lipinski definition) is 2. The Morgan fingerprint density at radius 2 is 2.00 bits per heavy atom. The Morgan fingerprint density at radius 3 is 2.31 bits per heavy atom. The molecule has 78 valence electrons. The summed E-state index contributed by atoms with van der Waals surface area (Å²) in [5.74, 6) is 0. The smallest absolute Gasteiger partial charge is 0.0331 e. The molecule has 2 heteroatoms. The van der Waals surface area contributed by atoms with Crippen molar-refractivity contribution in [3.8, 4) is 0 Å². The molecule has 0 radical (unpaired) electrons. The van der Waals surface area contributed by atoms with Crippen LogP contribution in [0.15, 0.2) is 0 Å². The van der Waals surface area contributed by atoms with Crippen LogP contribution in [0.5, 0.6) is 0 Å². The first-order valence-electron chi connectivity index (χ1n) is 5.74. The molecule has 0 aromatic rings. The van der Waals surface area contributed by atoms with Gasteiger partial charge in [-0.05, 0) is 38.8 Å². The molecule has 0 saturated heterocycles. The van der Waals surface area contributed by atoms with Crippen molar-refractivity contribution in [1.29, 1.82) is 0 Å². The van der Waals surface area contributed by atoms with Crippen molar-refractivity contribution in [1.82, 2.24) is 4.90 Å². The Balaban J connectivity index is 2.43. The highest BCUT2D eigenvalue weighted by Gasteiger charge is 2.39. The molecule has 2 N–H and O–H groups in total. The maximum atomic E-state index is 5.88. The minimum Gasteiger partial charge on any atom is -0.329 e. The molecule has 2 nitrogen and oxygen atoms in total. The van der Waals surface area contributed by atoms with E-state index in [2.05, 4.69) is 18.7 Å². The van der Waals surface area contributed by atoms with Crippen LogP contribution in [0.3, 0.4) is 0 Å². The lowest BCUT2D eigenvalue weighted by Crippen LogP contribution is -2.58. The molecule has 0 aliphatic heterocycles. The highest BCUT2D eigenvalue weighted by molar-refractivity contribution is 4.98. The van der Waals surface area contributed by atoms with E-state index in [1.54, 1.807) is 0 Å². The highest BCUT2D eigenvalue weighted by Crippen LogP contribution is 2.36. The fraction of sp³-hybridized carbons (Fsp3) is 1.00. The molecule has 0 atom stereocenters. The lowest BCUT2D eigenvalue weighted by molar-refractivity contribution is 0.0266. The largest absolute Gasteiger partial charge is 0.329 e. The first-order valence-corrected chi connectivity index (χ1v) is 5.74. The summed E-state index contributed by atoms with van der Waals surface area (Å²) in [6.45, 7) is 7.76. The van der Waals surface area contributed by atoms with Crippen molar-refractivity contribution >= 4 is 0 Å². The molecular formula is C11H24N2. The van der Waals surface area contributed by atoms with Crippen LogP contribution in [0.2, 0.25) is 0 Å². The normalized spacial score (nSPS) is 20.3. The third-order valence-electron chi connectivity index (χ3n) is 3.50. The molecule has 0 aromatic carbocycles. The summed E-state index contributed by atoms with van der Waals surface area (Å²) in [6.07, 6.45) is 6.62. The third kappa shape index (κ3) is 2.23. The van der Waals surface area contributed by atoms with E-state index >= 15 is 0 Å². The summed E-state index contributed by atoms with van der Waals surface area (Å²) in [5.41, 5.74) is 6.27. The van der Waals surface area contributed by atoms with Crippen LogP contribution in [0.25, 0.3) is 0 Å². The first-order chi connectivity index (χ1) is 6.29. The number of hydrogen-bond donors (Lipinski definition) is 1. The van der Waals surface area contributed by atoms with Crippen molar-refractivity contribution in [2.45, 2.75) is 51.5 Å². The lowest BCUT2D eigenvalue weighted by Gasteiger charge is -2.49. The van der Waals surface area contributed by atoms with Crippen LogP contribution in [0, 0.1) is 0 Å². The van der Waals surface area contributed by atoms with Crippen LogP contribution in [-0.2, 0) is 0 Å². The monoisotopic (exact) mass is 184 g/mol. The molecule has 1 fully saturated rings. The summed E-state index contributed by atoms with van der Waals surface area (Å²) in [4.78, 5) is 2.60. The Bertz CT molecular complexity index is 136. The van der Waals surface area contributed by atoms with Gasteiger partial charge in [-0.3, -0.25) is 4.90 Å². The molecule has 0 bridgehead atoms. The zero-order chi connectivity index (χ0) is 9.73. The summed E-state index contributed by atoms with van der Waals surface area (Å²) in [7, 11) is 0. The van der Waals surface area contributed by atoms with E-state index in [-0.39, 0.29) is 0 Å². The van der Waals surface area contributed by atoms with Gasteiger partial charge in [-0.1, -0.05) is 20.3 Å². The van der Waals surface area contributed by atoms with Gasteiger partial charge in [-0.25, -0.2) is 0 Å². The van der Waals surface area contributed by atoms with E-state index in [0.29, 0.717) is 5.54 Å². The zero-order valence-corrected chi connectivity index (χ0v) is 9.18. The summed E-state index contributed by atoms with van der Waals surface area (Å²) in [5, 5.41) is 0. The molecule has 1 aliphatic rings. The van der Waals surface area contributed by atoms with Crippen molar-refractivity contribution in [3.63, 3.8) is 0 Å². The van der Waals surface area contributed by atoms with Gasteiger partial charge in [0.15, 0.2) is 0 Å². The summed E-state index contributed by atoms with van der Waals surface area (Å²) < 4.78 is 0. The average molecular weight is 184 g/mol. The van der Waals surface area contributed by atoms with Crippen molar-refractivity contribution in [3.05, 3.63) is 0 Å². The van der Waals surface area contributed by atoms with E-state index in [1.165, 1.54) is 38.6 Å². The third-order valence-corrected chi connectivity index (χ3v) is 3.50. The van der Waals surface area contributed by atoms with Gasteiger partial charge < -0.3 is 5.73 Å². The van der Waals surface area contributed by atoms with Gasteiger partial charge in [0, 0.05) is 12.1 Å². The second-order valence-corrected chi connectivity index (χ2v) is 4.22. The zero-order valence-electron chi connectivity index (χ0n) is 9.18. The quantitative estimate of drug-likeness (QED) is 0.684. The minimum absolute atomic E-state index is 0.393. The van der Waals surface area contributed by atoms with Crippen molar-refractivity contribution < 1.29 is 0 Å². The lowest BCUT2D eigenvalue weighted by atomic mass is 9.75. The fourth-order valence-electron chi connectivity index (χ4n) is 2.31. The number of nitrogens with zero attached hydrogens (tertiary/aromatic N) is 1. The van der Waals surface area contributed by atoms with Crippen LogP contribution in [-0.4, -0.2) is 30.1 Å². The van der Waals surface area contributed by atoms with E-state index in [1.807, 2.05) is 0 Å². The second-order valence-electron chi connectivity index (χ2n) is 4.22. The van der Waals surface area contributed by atoms with Crippen molar-refractivity contribution in [2.24, 2.45) is 5.73 Å². The molecule has 0 spiro atoms. The van der Waals surface area contributed by atoms with Crippen molar-refractivity contribution in [2.75, 3.05) is 19.6 Å². The molecule has 0 unspecified atom stereocenters. The predicted octanol–water partition coefficient (Wildman–Crippen LogP) is 1.99. The second kappa shape index (κ2) is 4.97. The number of nitrogens with two attached hydrogens (primary N) is 1. The van der Waals surface area contributed by atoms with Gasteiger partial charge in [-0.2, -0.15) is 0 Å². The molecular weight excluding hydrogens is 160 g/mol. The van der Waals surface area contributed by atoms with E-state index in [9.17, 15) is 0 Å². The van der Waals surface area contributed by atoms with Crippen LogP contribution < -0.4 is 5.73 Å². The van der Waals surface area contributed by atoms with Gasteiger partial charge >= 0.3 is 0 Å². The molecule has 1 saturated carbocycles. The van der Waals surface area contributed by atoms with Crippen LogP contribution in [0.4, 0.5) is 0 Å². The standard InChI is InChI=1S/C11H24N2/c1-3-5-9-13(4-2)11(10-12)7-6-8-11/h3-10,12H2,1-2H3. The molecule has 13 heavy (non-hydrogen) atoms. The van der Waals surface area contributed by atoms with Gasteiger partial charge in [0.1, 0.15) is 0 Å². The molecule has 0 aromatic heterocycles. The Morgan fingerprint density at radius 1 is 1.31 bits per heavy atom. The van der Waals surface area contributed by atoms with E-state index in [4.69, 9.17) is 5.73 Å². The Hall–Kier alpha value is -0.0800. The highest BCUT2D eigenvalue weighted by atomic mass is 15.2. The Labute approximate surface area is 82.5 Å². The van der Waals surface area contributed by atoms with Crippen LogP contribution in [0.1, 0.15) is 46.0 Å². The summed E-state index contributed by atoms with van der Waals surface area (Å²) >= 11 is 0. The van der Waals surface area contributed by atoms with Gasteiger partial charge in [0.2, 0.25) is 0 Å². The van der Waals surface area contributed by atoms with Crippen LogP contribution >= 0.6 is 0 Å². The SMILES string of the molecule is CCCCN(CC)C1(CN)CCC1. The van der Waals surface area contributed by atoms with Gasteiger partial charge in [0.05, 0.1) is 0 Å². The fourth-order valence-corrected chi connectivity index (χ4v) is 2.31. The molecule has 0 amide bonds. The maximum Gasteiger partial charge on any atom is 0.0331 e. The Kier molecular flexibility index (Phi) is 4.20. The first kappa shape index (κ1) is 11.0. The number of unbranched alkanes of at least 4 members (excludes halogenated alkanes) is 1. The number of rotatable bonds is 6. The van der Waals surface area contributed by atoms with Gasteiger partial charge in [0.25, 0.3) is 0 Å². The molecule has 1 rings (SSSR count). The predicted molar refractivity (Wildman–Crippen MR) is 57.8 cm³/mol. The molecule has 1 aliphatic carbocycles. The number of likely N-dealkylation sites (N-methyl/N-ethyl adjacent to an activating group) is 1. The minimum atomic E-state index is 0.393. The average Bonchev–Trinajstić information content (AvgIpc) is 2.09. The van der Waals surface area contributed by atoms with E-state index < -0.39 is 0 Å². The summed E-state index contributed by atoms with van der Waals surface area (Å²) in [6, 6.07) is 0. The molecule has 0 heterocycles. The maximum absolute atomic E-state index is 5.88.